The summed E-state index contributed by atoms with van der Waals surface area (Å²) < 4.78 is 7.46. The summed E-state index contributed by atoms with van der Waals surface area (Å²) in [6.45, 7) is 2.36. The van der Waals surface area contributed by atoms with Crippen LogP contribution >= 0.6 is 11.8 Å². The first-order chi connectivity index (χ1) is 14.2. The Morgan fingerprint density at radius 3 is 2.62 bits per heavy atom. The average molecular weight is 406 g/mol. The van der Waals surface area contributed by atoms with Gasteiger partial charge in [0.2, 0.25) is 17.7 Å². The van der Waals surface area contributed by atoms with Crippen molar-refractivity contribution in [3.63, 3.8) is 0 Å². The Bertz CT molecular complexity index is 1070. The zero-order valence-corrected chi connectivity index (χ0v) is 16.4. The molecule has 1 unspecified atom stereocenters. The van der Waals surface area contributed by atoms with Crippen molar-refractivity contribution in [1.29, 1.82) is 0 Å². The van der Waals surface area contributed by atoms with E-state index in [9.17, 15) is 4.79 Å². The van der Waals surface area contributed by atoms with Crippen LogP contribution in [0.5, 0.6) is 0 Å². The minimum atomic E-state index is -0.429. The summed E-state index contributed by atoms with van der Waals surface area (Å²) in [7, 11) is 0. The third kappa shape index (κ3) is 4.52. The molecule has 4 aromatic rings. The third-order valence-electron chi connectivity index (χ3n) is 4.09. The van der Waals surface area contributed by atoms with Crippen LogP contribution in [0.1, 0.15) is 12.5 Å². The number of thioether (sulfide) groups is 1. The van der Waals surface area contributed by atoms with Crippen LogP contribution in [-0.2, 0) is 11.3 Å². The number of hydrogen-bond donors (Lipinski definition) is 1. The lowest BCUT2D eigenvalue weighted by Gasteiger charge is -2.13. The van der Waals surface area contributed by atoms with Crippen molar-refractivity contribution in [3.05, 3.63) is 72.8 Å². The molecule has 8 nitrogen and oxygen atoms in total. The molecular weight excluding hydrogens is 388 g/mol. The van der Waals surface area contributed by atoms with Crippen LogP contribution in [0.3, 0.4) is 0 Å². The number of carbonyl (C=O) groups excluding carboxylic acids is 1. The van der Waals surface area contributed by atoms with Gasteiger partial charge < -0.3 is 4.42 Å². The summed E-state index contributed by atoms with van der Waals surface area (Å²) in [5.74, 6) is 1.29. The van der Waals surface area contributed by atoms with E-state index < -0.39 is 5.25 Å². The molecule has 0 aliphatic heterocycles. The van der Waals surface area contributed by atoms with Crippen molar-refractivity contribution >= 4 is 23.6 Å². The first kappa shape index (κ1) is 18.9. The molecule has 3 aromatic heterocycles. The minimum absolute atomic E-state index is 0.213. The second-order valence-electron chi connectivity index (χ2n) is 6.18. The summed E-state index contributed by atoms with van der Waals surface area (Å²) in [5.41, 5.74) is 1.09. The summed E-state index contributed by atoms with van der Waals surface area (Å²) in [4.78, 5) is 20.6. The molecule has 0 aliphatic carbocycles. The molecule has 1 atom stereocenters. The highest BCUT2D eigenvalue weighted by Gasteiger charge is 2.22. The predicted octanol–water partition coefficient (Wildman–Crippen LogP) is 3.50. The van der Waals surface area contributed by atoms with Gasteiger partial charge in [-0.1, -0.05) is 42.1 Å². The maximum absolute atomic E-state index is 12.5. The molecule has 4 rings (SSSR count). The summed E-state index contributed by atoms with van der Waals surface area (Å²) in [6.07, 6.45) is 4.75. The largest absolute Gasteiger partial charge is 0.461 e. The molecule has 1 amide bonds. The molecule has 0 saturated heterocycles. The molecule has 0 bridgehead atoms. The maximum Gasteiger partial charge on any atom is 0.240 e. The zero-order valence-electron chi connectivity index (χ0n) is 15.6. The van der Waals surface area contributed by atoms with E-state index in [1.165, 1.54) is 11.8 Å². The fourth-order valence-corrected chi connectivity index (χ4v) is 3.51. The molecule has 1 aromatic carbocycles. The Morgan fingerprint density at radius 1 is 1.10 bits per heavy atom. The van der Waals surface area contributed by atoms with Crippen molar-refractivity contribution in [1.82, 2.24) is 24.7 Å². The van der Waals surface area contributed by atoms with Crippen molar-refractivity contribution in [3.8, 4) is 11.6 Å². The van der Waals surface area contributed by atoms with Gasteiger partial charge in [0.25, 0.3) is 0 Å². The Balaban J connectivity index is 1.57. The van der Waals surface area contributed by atoms with Crippen LogP contribution in [0.15, 0.2) is 76.8 Å². The number of rotatable bonds is 7. The van der Waals surface area contributed by atoms with Crippen molar-refractivity contribution in [2.45, 2.75) is 23.9 Å². The van der Waals surface area contributed by atoms with Crippen molar-refractivity contribution < 1.29 is 9.21 Å². The monoisotopic (exact) mass is 406 g/mol. The average Bonchev–Trinajstić information content (AvgIpc) is 3.40. The van der Waals surface area contributed by atoms with Crippen LogP contribution in [-0.4, -0.2) is 35.9 Å². The molecule has 0 spiro atoms. The lowest BCUT2D eigenvalue weighted by molar-refractivity contribution is -0.115. The van der Waals surface area contributed by atoms with E-state index in [4.69, 9.17) is 4.42 Å². The Morgan fingerprint density at radius 2 is 1.90 bits per heavy atom. The molecular formula is C20H18N6O2S. The lowest BCUT2D eigenvalue weighted by atomic mass is 10.2. The van der Waals surface area contributed by atoms with Gasteiger partial charge in [-0.25, -0.2) is 9.97 Å². The molecule has 146 valence electrons. The Labute approximate surface area is 171 Å². The van der Waals surface area contributed by atoms with E-state index in [-0.39, 0.29) is 11.9 Å². The van der Waals surface area contributed by atoms with E-state index >= 15 is 0 Å². The predicted molar refractivity (Wildman–Crippen MR) is 109 cm³/mol. The first-order valence-corrected chi connectivity index (χ1v) is 9.84. The van der Waals surface area contributed by atoms with Crippen molar-refractivity contribution in [2.75, 3.05) is 5.32 Å². The Kier molecular flexibility index (Phi) is 5.66. The molecule has 1 N–H and O–H groups in total. The zero-order chi connectivity index (χ0) is 20.1. The molecule has 0 fully saturated rings. The number of furan rings is 1. The quantitative estimate of drug-likeness (QED) is 0.469. The van der Waals surface area contributed by atoms with Gasteiger partial charge in [0.15, 0.2) is 10.9 Å². The second kappa shape index (κ2) is 8.70. The van der Waals surface area contributed by atoms with Crippen LogP contribution in [0, 0.1) is 0 Å². The van der Waals surface area contributed by atoms with Gasteiger partial charge in [0.1, 0.15) is 0 Å². The number of aromatic nitrogens is 5. The molecule has 0 saturated carbocycles. The molecule has 0 aliphatic rings. The van der Waals surface area contributed by atoms with E-state index in [0.717, 1.165) is 5.56 Å². The normalized spacial score (nSPS) is 11.9. The highest BCUT2D eigenvalue weighted by Crippen LogP contribution is 2.28. The second-order valence-corrected chi connectivity index (χ2v) is 7.48. The number of amides is 1. The molecule has 9 heteroatoms. The number of benzene rings is 1. The van der Waals surface area contributed by atoms with Crippen LogP contribution in [0.2, 0.25) is 0 Å². The molecule has 0 radical (unpaired) electrons. The minimum Gasteiger partial charge on any atom is -0.461 e. The number of hydrogen-bond acceptors (Lipinski definition) is 7. The van der Waals surface area contributed by atoms with E-state index in [0.29, 0.717) is 23.3 Å². The van der Waals surface area contributed by atoms with E-state index in [1.807, 2.05) is 41.0 Å². The van der Waals surface area contributed by atoms with E-state index in [1.54, 1.807) is 37.7 Å². The van der Waals surface area contributed by atoms with Gasteiger partial charge in [-0.2, -0.15) is 0 Å². The van der Waals surface area contributed by atoms with Gasteiger partial charge in [-0.3, -0.25) is 14.7 Å². The fourth-order valence-electron chi connectivity index (χ4n) is 2.66. The number of anilines is 1. The van der Waals surface area contributed by atoms with Gasteiger partial charge >= 0.3 is 0 Å². The molecule has 29 heavy (non-hydrogen) atoms. The maximum atomic E-state index is 12.5. The highest BCUT2D eigenvalue weighted by molar-refractivity contribution is 8.00. The molecule has 3 heterocycles. The Hall–Kier alpha value is -3.46. The van der Waals surface area contributed by atoms with Gasteiger partial charge in [0, 0.05) is 12.4 Å². The van der Waals surface area contributed by atoms with Crippen LogP contribution in [0.25, 0.3) is 11.6 Å². The fraction of sp³-hybridized carbons (Fsp3) is 0.150. The summed E-state index contributed by atoms with van der Waals surface area (Å²) in [6, 6.07) is 15.3. The topological polar surface area (TPSA) is 98.7 Å². The highest BCUT2D eigenvalue weighted by atomic mass is 32.2. The van der Waals surface area contributed by atoms with Crippen LogP contribution in [0.4, 0.5) is 5.95 Å². The number of carbonyl (C=O) groups is 1. The number of nitrogens with one attached hydrogen (secondary N) is 1. The van der Waals surface area contributed by atoms with Gasteiger partial charge in [0.05, 0.1) is 18.1 Å². The summed E-state index contributed by atoms with van der Waals surface area (Å²) in [5, 5.41) is 11.5. The standard InChI is InChI=1S/C20H18N6O2S/c1-14(18(27)23-19-21-10-6-11-22-19)29-20-25-24-17(16-9-5-12-28-16)26(20)13-15-7-3-2-4-8-15/h2-12,14H,13H2,1H3,(H,21,22,23,27). The van der Waals surface area contributed by atoms with Gasteiger partial charge in [-0.05, 0) is 30.7 Å². The first-order valence-electron chi connectivity index (χ1n) is 8.96. The smallest absolute Gasteiger partial charge is 0.240 e. The van der Waals surface area contributed by atoms with Gasteiger partial charge in [-0.15, -0.1) is 10.2 Å². The lowest BCUT2D eigenvalue weighted by Crippen LogP contribution is -2.24. The number of nitrogens with zero attached hydrogens (tertiary/aromatic N) is 5. The SMILES string of the molecule is CC(Sc1nnc(-c2ccco2)n1Cc1ccccc1)C(=O)Nc1ncccn1. The van der Waals surface area contributed by atoms with E-state index in [2.05, 4.69) is 25.5 Å². The van der Waals surface area contributed by atoms with Crippen molar-refractivity contribution in [2.24, 2.45) is 0 Å². The summed E-state index contributed by atoms with van der Waals surface area (Å²) >= 11 is 1.31. The third-order valence-corrected chi connectivity index (χ3v) is 5.17. The van der Waals surface area contributed by atoms with Crippen LogP contribution < -0.4 is 5.32 Å².